The van der Waals surface area contributed by atoms with Crippen molar-refractivity contribution < 1.29 is 28.6 Å². The third kappa shape index (κ3) is 7.38. The topological polar surface area (TPSA) is 109 Å². The molecule has 0 aliphatic rings. The van der Waals surface area contributed by atoms with Crippen molar-refractivity contribution in [3.63, 3.8) is 0 Å². The predicted octanol–water partition coefficient (Wildman–Crippen LogP) is 5.43. The fourth-order valence-electron chi connectivity index (χ4n) is 4.43. The molecule has 0 spiro atoms. The van der Waals surface area contributed by atoms with Crippen LogP contribution in [0.2, 0.25) is 0 Å². The van der Waals surface area contributed by atoms with E-state index in [2.05, 4.69) is 5.32 Å². The second kappa shape index (κ2) is 13.8. The first-order chi connectivity index (χ1) is 19.5. The molecule has 0 fully saturated rings. The molecule has 3 aromatic carbocycles. The highest BCUT2D eigenvalue weighted by molar-refractivity contribution is 6.06. The van der Waals surface area contributed by atoms with E-state index in [4.69, 9.17) is 9.15 Å². The van der Waals surface area contributed by atoms with Gasteiger partial charge in [0.05, 0.1) is 25.8 Å². The number of furan rings is 1. The van der Waals surface area contributed by atoms with E-state index in [9.17, 15) is 19.5 Å². The van der Waals surface area contributed by atoms with Crippen molar-refractivity contribution in [1.29, 1.82) is 0 Å². The summed E-state index contributed by atoms with van der Waals surface area (Å²) in [6, 6.07) is 25.3. The molecule has 8 nitrogen and oxygen atoms in total. The largest absolute Gasteiger partial charge is 0.494 e. The van der Waals surface area contributed by atoms with Crippen LogP contribution >= 0.6 is 0 Å². The van der Waals surface area contributed by atoms with Gasteiger partial charge in [-0.15, -0.1) is 0 Å². The minimum absolute atomic E-state index is 0.0545. The van der Waals surface area contributed by atoms with Crippen LogP contribution in [0.4, 0.5) is 0 Å². The molecule has 0 aliphatic carbocycles. The molecule has 0 saturated carbocycles. The number of ether oxygens (including phenoxy) is 1. The summed E-state index contributed by atoms with van der Waals surface area (Å²) in [5.41, 5.74) is 2.98. The number of hydrogen-bond acceptors (Lipinski definition) is 5. The van der Waals surface area contributed by atoms with E-state index in [1.54, 1.807) is 59.7 Å². The number of hydrogen-bond donors (Lipinski definition) is 2. The lowest BCUT2D eigenvalue weighted by Gasteiger charge is -2.24. The van der Waals surface area contributed by atoms with E-state index in [0.717, 1.165) is 11.3 Å². The third-order valence-corrected chi connectivity index (χ3v) is 6.39. The van der Waals surface area contributed by atoms with Gasteiger partial charge in [-0.2, -0.15) is 0 Å². The van der Waals surface area contributed by atoms with Crippen LogP contribution in [0.3, 0.4) is 0 Å². The zero-order valence-electron chi connectivity index (χ0n) is 22.3. The van der Waals surface area contributed by atoms with E-state index in [-0.39, 0.29) is 31.3 Å². The van der Waals surface area contributed by atoms with Crippen molar-refractivity contribution in [2.24, 2.45) is 0 Å². The molecule has 0 aliphatic heterocycles. The van der Waals surface area contributed by atoms with Gasteiger partial charge in [0, 0.05) is 24.2 Å². The van der Waals surface area contributed by atoms with E-state index >= 15 is 0 Å². The molecule has 40 heavy (non-hydrogen) atoms. The second-order valence-electron chi connectivity index (χ2n) is 9.12. The Morgan fingerprint density at radius 1 is 0.875 bits per heavy atom. The quantitative estimate of drug-likeness (QED) is 0.234. The summed E-state index contributed by atoms with van der Waals surface area (Å²) < 4.78 is 10.9. The van der Waals surface area contributed by atoms with Crippen molar-refractivity contribution in [1.82, 2.24) is 10.2 Å². The Kier molecular flexibility index (Phi) is 9.72. The number of carbonyl (C=O) groups excluding carboxylic acids is 2. The predicted molar refractivity (Wildman–Crippen MR) is 151 cm³/mol. The molecule has 0 bridgehead atoms. The highest BCUT2D eigenvalue weighted by Crippen LogP contribution is 2.28. The molecule has 1 heterocycles. The van der Waals surface area contributed by atoms with Crippen LogP contribution in [0.1, 0.15) is 45.4 Å². The second-order valence-corrected chi connectivity index (χ2v) is 9.12. The normalized spacial score (nSPS) is 10.6. The summed E-state index contributed by atoms with van der Waals surface area (Å²) in [6.07, 6.45) is 1.89. The number of benzene rings is 3. The first-order valence-corrected chi connectivity index (χ1v) is 13.2. The number of aliphatic carboxylic acids is 1. The van der Waals surface area contributed by atoms with Gasteiger partial charge < -0.3 is 24.5 Å². The Hall–Kier alpha value is -4.85. The number of rotatable bonds is 13. The van der Waals surface area contributed by atoms with E-state index < -0.39 is 5.97 Å². The van der Waals surface area contributed by atoms with Gasteiger partial charge >= 0.3 is 5.97 Å². The summed E-state index contributed by atoms with van der Waals surface area (Å²) in [6.45, 7) is 3.07. The Labute approximate surface area is 233 Å². The van der Waals surface area contributed by atoms with Gasteiger partial charge in [-0.05, 0) is 66.4 Å². The summed E-state index contributed by atoms with van der Waals surface area (Å²) in [5.74, 6) is -0.212. The molecule has 2 N–H and O–H groups in total. The molecule has 0 saturated heterocycles. The van der Waals surface area contributed by atoms with Gasteiger partial charge in [0.25, 0.3) is 11.8 Å². The van der Waals surface area contributed by atoms with Crippen LogP contribution in [-0.4, -0.2) is 47.5 Å². The summed E-state index contributed by atoms with van der Waals surface area (Å²) >= 11 is 0. The summed E-state index contributed by atoms with van der Waals surface area (Å²) in [5, 5.41) is 12.2. The van der Waals surface area contributed by atoms with Crippen LogP contribution in [0.5, 0.6) is 5.75 Å². The minimum Gasteiger partial charge on any atom is -0.494 e. The maximum absolute atomic E-state index is 13.9. The van der Waals surface area contributed by atoms with Crippen LogP contribution in [-0.2, 0) is 17.8 Å². The molecule has 8 heteroatoms. The summed E-state index contributed by atoms with van der Waals surface area (Å²) in [7, 11) is 0. The maximum Gasteiger partial charge on any atom is 0.305 e. The zero-order chi connectivity index (χ0) is 28.3. The Bertz CT molecular complexity index is 1450. The van der Waals surface area contributed by atoms with Gasteiger partial charge in [-0.1, -0.05) is 48.5 Å². The Balaban J connectivity index is 1.60. The highest BCUT2D eigenvalue weighted by atomic mass is 16.5. The lowest BCUT2D eigenvalue weighted by molar-refractivity contribution is -0.137. The first kappa shape index (κ1) is 28.2. The minimum atomic E-state index is -0.983. The number of nitrogens with zero attached hydrogens (tertiary/aromatic N) is 1. The number of carboxylic acid groups (broad SMARTS) is 1. The van der Waals surface area contributed by atoms with Crippen molar-refractivity contribution in [3.05, 3.63) is 114 Å². The molecule has 0 atom stereocenters. The average Bonchev–Trinajstić information content (AvgIpc) is 3.50. The molecule has 1 aromatic heterocycles. The number of carbonyl (C=O) groups is 3. The number of nitrogens with one attached hydrogen (secondary N) is 1. The Morgan fingerprint density at radius 2 is 1.60 bits per heavy atom. The molecular formula is C32H32N2O6. The van der Waals surface area contributed by atoms with Crippen molar-refractivity contribution in [2.45, 2.75) is 26.3 Å². The van der Waals surface area contributed by atoms with Crippen LogP contribution < -0.4 is 10.1 Å². The molecule has 4 aromatic rings. The van der Waals surface area contributed by atoms with Crippen LogP contribution in [0.15, 0.2) is 95.6 Å². The third-order valence-electron chi connectivity index (χ3n) is 6.39. The number of amides is 2. The molecule has 0 radical (unpaired) electrons. The van der Waals surface area contributed by atoms with Crippen LogP contribution in [0, 0.1) is 0 Å². The summed E-state index contributed by atoms with van der Waals surface area (Å²) in [4.78, 5) is 40.0. The van der Waals surface area contributed by atoms with E-state index in [1.807, 2.05) is 43.3 Å². The van der Waals surface area contributed by atoms with E-state index in [0.29, 0.717) is 47.6 Å². The molecule has 206 valence electrons. The highest BCUT2D eigenvalue weighted by Gasteiger charge is 2.22. The molecule has 2 amide bonds. The average molecular weight is 541 g/mol. The van der Waals surface area contributed by atoms with Gasteiger partial charge in [0.1, 0.15) is 11.5 Å². The van der Waals surface area contributed by atoms with Gasteiger partial charge in [0.15, 0.2) is 0 Å². The zero-order valence-corrected chi connectivity index (χ0v) is 22.3. The van der Waals surface area contributed by atoms with Gasteiger partial charge in [-0.3, -0.25) is 14.4 Å². The van der Waals surface area contributed by atoms with Gasteiger partial charge in [0.2, 0.25) is 0 Å². The SMILES string of the molecule is CCOc1cccc(CCN(CCC(=O)O)C(=O)c2ccccc2-c2ccccc2C(=O)NCc2ccco2)c1. The first-order valence-electron chi connectivity index (χ1n) is 13.2. The smallest absolute Gasteiger partial charge is 0.305 e. The maximum atomic E-state index is 13.9. The number of carboxylic acids is 1. The van der Waals surface area contributed by atoms with Crippen molar-refractivity contribution >= 4 is 17.8 Å². The molecular weight excluding hydrogens is 508 g/mol. The van der Waals surface area contributed by atoms with Crippen LogP contribution in [0.25, 0.3) is 11.1 Å². The fraction of sp³-hybridized carbons (Fsp3) is 0.219. The standard InChI is InChI=1S/C32H32N2O6/c1-2-39-24-10-7-9-23(21-24)16-18-34(19-17-30(35)36)32(38)29-15-6-4-13-27(29)26-12-3-5-14-28(26)31(37)33-22-25-11-8-20-40-25/h3-15,20-21H,2,16-19,22H2,1H3,(H,33,37)(H,35,36). The fourth-order valence-corrected chi connectivity index (χ4v) is 4.43. The van der Waals surface area contributed by atoms with Crippen molar-refractivity contribution in [2.75, 3.05) is 19.7 Å². The molecule has 0 unspecified atom stereocenters. The van der Waals surface area contributed by atoms with Gasteiger partial charge in [-0.25, -0.2) is 0 Å². The lowest BCUT2D eigenvalue weighted by Crippen LogP contribution is -2.35. The van der Waals surface area contributed by atoms with E-state index in [1.165, 1.54) is 0 Å². The monoisotopic (exact) mass is 540 g/mol. The molecule has 4 rings (SSSR count). The Morgan fingerprint density at radius 3 is 2.30 bits per heavy atom. The van der Waals surface area contributed by atoms with Crippen molar-refractivity contribution in [3.8, 4) is 16.9 Å². The lowest BCUT2D eigenvalue weighted by atomic mass is 9.94.